The Kier molecular flexibility index (Phi) is 8.24. The molecule has 3 heterocycles. The van der Waals surface area contributed by atoms with Crippen LogP contribution in [0.3, 0.4) is 0 Å². The van der Waals surface area contributed by atoms with E-state index in [4.69, 9.17) is 14.6 Å². The summed E-state index contributed by atoms with van der Waals surface area (Å²) in [6.45, 7) is 14.2. The molecule has 3 aliphatic heterocycles. The number of carbonyl (C=O) groups is 3. The second kappa shape index (κ2) is 10.6. The van der Waals surface area contributed by atoms with Gasteiger partial charge in [0.15, 0.2) is 0 Å². The highest BCUT2D eigenvalue weighted by molar-refractivity contribution is 5.98. The van der Waals surface area contributed by atoms with Crippen LogP contribution in [0.5, 0.6) is 0 Å². The minimum absolute atomic E-state index is 0.0823. The van der Waals surface area contributed by atoms with Crippen molar-refractivity contribution in [3.63, 3.8) is 0 Å². The number of rotatable bonds is 13. The molecule has 1 spiro atoms. The summed E-state index contributed by atoms with van der Waals surface area (Å²) in [4.78, 5) is 44.4. The number of unbranched alkanes of at least 4 members (excludes halogenated alkanes) is 2. The van der Waals surface area contributed by atoms with Crippen molar-refractivity contribution in [1.29, 1.82) is 0 Å². The maximum atomic E-state index is 14.0. The number of likely N-dealkylation sites (tertiary alicyclic amines) is 1. The Hall–Kier alpha value is -2.19. The van der Waals surface area contributed by atoms with Gasteiger partial charge >= 0.3 is 5.97 Å². The second-order valence-electron chi connectivity index (χ2n) is 10.2. The van der Waals surface area contributed by atoms with Gasteiger partial charge < -0.3 is 24.4 Å². The number of esters is 1. The zero-order valence-corrected chi connectivity index (χ0v) is 20.8. The molecule has 8 nitrogen and oxygen atoms in total. The molecule has 2 amide bonds. The maximum absolute atomic E-state index is 14.0. The number of hydrogen-bond donors (Lipinski definition) is 1. The topological polar surface area (TPSA) is 96.4 Å². The van der Waals surface area contributed by atoms with Crippen LogP contribution in [-0.2, 0) is 23.9 Å². The zero-order chi connectivity index (χ0) is 25.1. The van der Waals surface area contributed by atoms with Crippen molar-refractivity contribution in [2.45, 2.75) is 82.6 Å². The number of aliphatic hydroxyl groups is 1. The Bertz CT molecular complexity index is 813. The smallest absolute Gasteiger partial charge is 0.312 e. The summed E-state index contributed by atoms with van der Waals surface area (Å²) in [5, 5.41) is 9.14. The van der Waals surface area contributed by atoms with E-state index in [0.717, 1.165) is 6.42 Å². The van der Waals surface area contributed by atoms with Crippen LogP contribution in [0.15, 0.2) is 25.3 Å². The van der Waals surface area contributed by atoms with Gasteiger partial charge in [0.05, 0.1) is 18.1 Å². The summed E-state index contributed by atoms with van der Waals surface area (Å²) in [6, 6.07) is -0.879. The largest absolute Gasteiger partial charge is 0.465 e. The van der Waals surface area contributed by atoms with E-state index in [2.05, 4.69) is 13.2 Å². The molecule has 0 aromatic carbocycles. The number of fused-ring (bicyclic) bond motifs is 1. The standard InChI is InChI=1S/C26H40N2O6/c1-6-8-17-33-24(32)20-19-22(30)28(15-10-9-11-16-29)21(23(31)27(14-7-2)18(3)4)26(19)13-12-25(20,5)34-26/h6-7,18-21,29H,1-2,8-17H2,3-5H3/t19-,20-,21?,25+,26?/m0/s1. The molecule has 0 radical (unpaired) electrons. The summed E-state index contributed by atoms with van der Waals surface area (Å²) in [5.74, 6) is -2.31. The molecular weight excluding hydrogens is 436 g/mol. The predicted molar refractivity (Wildman–Crippen MR) is 128 cm³/mol. The molecular formula is C26H40N2O6. The van der Waals surface area contributed by atoms with Gasteiger partial charge in [0.1, 0.15) is 17.6 Å². The zero-order valence-electron chi connectivity index (χ0n) is 20.8. The van der Waals surface area contributed by atoms with Crippen molar-refractivity contribution < 1.29 is 29.0 Å². The van der Waals surface area contributed by atoms with E-state index in [1.165, 1.54) is 0 Å². The first kappa shape index (κ1) is 26.4. The molecule has 8 heteroatoms. The fourth-order valence-electron chi connectivity index (χ4n) is 6.06. The molecule has 0 saturated carbocycles. The Balaban J connectivity index is 1.98. The summed E-state index contributed by atoms with van der Waals surface area (Å²) in [6.07, 6.45) is 7.06. The third-order valence-corrected chi connectivity index (χ3v) is 7.62. The lowest BCUT2D eigenvalue weighted by molar-refractivity contribution is -0.160. The third-order valence-electron chi connectivity index (χ3n) is 7.62. The van der Waals surface area contributed by atoms with Gasteiger partial charge in [0, 0.05) is 25.7 Å². The number of carbonyl (C=O) groups excluding carboxylic acids is 3. The van der Waals surface area contributed by atoms with Crippen LogP contribution in [0, 0.1) is 11.8 Å². The molecule has 2 bridgehead atoms. The molecule has 3 saturated heterocycles. The van der Waals surface area contributed by atoms with Crippen molar-refractivity contribution in [2.24, 2.45) is 11.8 Å². The summed E-state index contributed by atoms with van der Waals surface area (Å²) in [7, 11) is 0. The molecule has 34 heavy (non-hydrogen) atoms. The van der Waals surface area contributed by atoms with Gasteiger partial charge in [0.25, 0.3) is 0 Å². The lowest BCUT2D eigenvalue weighted by Gasteiger charge is -2.38. The van der Waals surface area contributed by atoms with Gasteiger partial charge in [-0.1, -0.05) is 12.2 Å². The third kappa shape index (κ3) is 4.42. The van der Waals surface area contributed by atoms with E-state index in [-0.39, 0.29) is 31.1 Å². The Morgan fingerprint density at radius 2 is 2.00 bits per heavy atom. The minimum Gasteiger partial charge on any atom is -0.465 e. The Morgan fingerprint density at radius 3 is 2.62 bits per heavy atom. The van der Waals surface area contributed by atoms with Gasteiger partial charge in [-0.15, -0.1) is 13.2 Å². The summed E-state index contributed by atoms with van der Waals surface area (Å²) < 4.78 is 12.1. The first-order valence-corrected chi connectivity index (χ1v) is 12.5. The van der Waals surface area contributed by atoms with Gasteiger partial charge in [-0.05, 0) is 59.3 Å². The number of ether oxygens (including phenoxy) is 2. The van der Waals surface area contributed by atoms with E-state index >= 15 is 0 Å². The highest BCUT2D eigenvalue weighted by Gasteiger charge is 2.78. The van der Waals surface area contributed by atoms with E-state index in [1.807, 2.05) is 20.8 Å². The lowest BCUT2D eigenvalue weighted by Crippen LogP contribution is -2.57. The fraction of sp³-hybridized carbons (Fsp3) is 0.731. The average molecular weight is 477 g/mol. The Labute approximate surface area is 202 Å². The van der Waals surface area contributed by atoms with Crippen molar-refractivity contribution in [1.82, 2.24) is 9.80 Å². The molecule has 190 valence electrons. The molecule has 1 N–H and O–H groups in total. The Morgan fingerprint density at radius 1 is 1.26 bits per heavy atom. The minimum atomic E-state index is -1.05. The molecule has 0 aromatic rings. The first-order valence-electron chi connectivity index (χ1n) is 12.5. The highest BCUT2D eigenvalue weighted by Crippen LogP contribution is 2.63. The van der Waals surface area contributed by atoms with E-state index in [0.29, 0.717) is 45.2 Å². The van der Waals surface area contributed by atoms with Crippen LogP contribution >= 0.6 is 0 Å². The van der Waals surface area contributed by atoms with Gasteiger partial charge in [-0.3, -0.25) is 14.4 Å². The number of hydrogen-bond acceptors (Lipinski definition) is 6. The summed E-state index contributed by atoms with van der Waals surface area (Å²) >= 11 is 0. The van der Waals surface area contributed by atoms with E-state index in [1.54, 1.807) is 22.0 Å². The van der Waals surface area contributed by atoms with Crippen LogP contribution < -0.4 is 0 Å². The van der Waals surface area contributed by atoms with Gasteiger partial charge in [0.2, 0.25) is 11.8 Å². The highest BCUT2D eigenvalue weighted by atomic mass is 16.6. The molecule has 5 atom stereocenters. The monoisotopic (exact) mass is 476 g/mol. The van der Waals surface area contributed by atoms with Crippen molar-refractivity contribution in [3.8, 4) is 0 Å². The van der Waals surface area contributed by atoms with E-state index in [9.17, 15) is 14.4 Å². The SMILES string of the molecule is C=CCCOC(=O)[C@@H]1[C@H]2C(=O)N(CCCCCO)C(C(=O)N(CC=C)C(C)C)C23CC[C@@]1(C)O3. The second-order valence-corrected chi connectivity index (χ2v) is 10.2. The molecule has 3 fully saturated rings. The van der Waals surface area contributed by atoms with Crippen molar-refractivity contribution in [2.75, 3.05) is 26.3 Å². The average Bonchev–Trinajstić information content (AvgIpc) is 3.35. The molecule has 2 unspecified atom stereocenters. The molecule has 3 rings (SSSR count). The lowest BCUT2D eigenvalue weighted by atomic mass is 9.66. The quantitative estimate of drug-likeness (QED) is 0.249. The number of amides is 2. The summed E-state index contributed by atoms with van der Waals surface area (Å²) in [5.41, 5.74) is -1.88. The van der Waals surface area contributed by atoms with Crippen LogP contribution in [0.1, 0.15) is 59.3 Å². The first-order chi connectivity index (χ1) is 16.2. The predicted octanol–water partition coefficient (Wildman–Crippen LogP) is 2.46. The van der Waals surface area contributed by atoms with Crippen molar-refractivity contribution in [3.05, 3.63) is 25.3 Å². The molecule has 3 aliphatic rings. The van der Waals surface area contributed by atoms with Gasteiger partial charge in [-0.2, -0.15) is 0 Å². The van der Waals surface area contributed by atoms with Crippen LogP contribution in [-0.4, -0.2) is 82.3 Å². The molecule has 0 aromatic heterocycles. The number of aliphatic hydroxyl groups excluding tert-OH is 1. The van der Waals surface area contributed by atoms with Crippen molar-refractivity contribution >= 4 is 17.8 Å². The van der Waals surface area contributed by atoms with Gasteiger partial charge in [-0.25, -0.2) is 0 Å². The van der Waals surface area contributed by atoms with Crippen LogP contribution in [0.4, 0.5) is 0 Å². The molecule has 0 aliphatic carbocycles. The van der Waals surface area contributed by atoms with E-state index < -0.39 is 35.0 Å². The fourth-order valence-corrected chi connectivity index (χ4v) is 6.06. The van der Waals surface area contributed by atoms with Crippen LogP contribution in [0.25, 0.3) is 0 Å². The van der Waals surface area contributed by atoms with Crippen LogP contribution in [0.2, 0.25) is 0 Å². The normalized spacial score (nSPS) is 31.6. The number of nitrogens with zero attached hydrogens (tertiary/aromatic N) is 2. The maximum Gasteiger partial charge on any atom is 0.312 e.